The molecular formula is C11H16FNOS2. The normalized spacial score (nSPS) is 12.6. The van der Waals surface area contributed by atoms with Gasteiger partial charge in [-0.1, -0.05) is 6.92 Å². The number of nitrogens with two attached hydrogens (primary N) is 1. The third kappa shape index (κ3) is 4.14. The average Bonchev–Trinajstić information content (AvgIpc) is 2.27. The molecule has 1 aromatic carbocycles. The van der Waals surface area contributed by atoms with E-state index in [9.17, 15) is 8.60 Å². The maximum Gasteiger partial charge on any atom is 0.124 e. The standard InChI is InChI=1S/C11H16FNOS2/c1-2-15-6-3-7-16(14)11-8-9(12)4-5-10(11)13/h4-5,8H,2-3,6-7,13H2,1H3. The SMILES string of the molecule is CCSCCCS(=O)c1cc(F)ccc1N. The molecule has 90 valence electrons. The van der Waals surface area contributed by atoms with E-state index in [4.69, 9.17) is 5.73 Å². The molecule has 0 aromatic heterocycles. The minimum absolute atomic E-state index is 0.388. The summed E-state index contributed by atoms with van der Waals surface area (Å²) in [5, 5.41) is 0. The summed E-state index contributed by atoms with van der Waals surface area (Å²) >= 11 is 1.81. The minimum Gasteiger partial charge on any atom is -0.398 e. The number of nitrogen functional groups attached to an aromatic ring is 1. The first-order valence-electron chi connectivity index (χ1n) is 5.16. The Bertz CT molecular complexity index is 371. The molecule has 0 saturated carbocycles. The van der Waals surface area contributed by atoms with Gasteiger partial charge in [0.2, 0.25) is 0 Å². The molecule has 1 rings (SSSR count). The largest absolute Gasteiger partial charge is 0.398 e. The van der Waals surface area contributed by atoms with Crippen LogP contribution in [0.15, 0.2) is 23.1 Å². The van der Waals surface area contributed by atoms with Gasteiger partial charge in [0.15, 0.2) is 0 Å². The number of anilines is 1. The van der Waals surface area contributed by atoms with Crippen LogP contribution in [0, 0.1) is 5.82 Å². The van der Waals surface area contributed by atoms with Gasteiger partial charge in [-0.05, 0) is 36.1 Å². The number of thioether (sulfide) groups is 1. The molecule has 1 unspecified atom stereocenters. The van der Waals surface area contributed by atoms with Crippen LogP contribution < -0.4 is 5.73 Å². The van der Waals surface area contributed by atoms with Gasteiger partial charge in [0.05, 0.1) is 15.7 Å². The highest BCUT2D eigenvalue weighted by molar-refractivity contribution is 7.99. The molecular weight excluding hydrogens is 245 g/mol. The summed E-state index contributed by atoms with van der Waals surface area (Å²) in [5.74, 6) is 2.20. The van der Waals surface area contributed by atoms with Crippen LogP contribution in [0.1, 0.15) is 13.3 Å². The van der Waals surface area contributed by atoms with Gasteiger partial charge < -0.3 is 5.73 Å². The Balaban J connectivity index is 2.55. The van der Waals surface area contributed by atoms with E-state index < -0.39 is 10.8 Å². The molecule has 2 N–H and O–H groups in total. The lowest BCUT2D eigenvalue weighted by Gasteiger charge is -2.05. The third-order valence-corrected chi connectivity index (χ3v) is 4.53. The molecule has 0 aliphatic rings. The fourth-order valence-electron chi connectivity index (χ4n) is 1.25. The van der Waals surface area contributed by atoms with Gasteiger partial charge in [-0.3, -0.25) is 4.21 Å². The Kier molecular flexibility index (Phi) is 5.84. The number of rotatable bonds is 6. The molecule has 2 nitrogen and oxygen atoms in total. The lowest BCUT2D eigenvalue weighted by Crippen LogP contribution is -2.03. The molecule has 0 bridgehead atoms. The van der Waals surface area contributed by atoms with E-state index in [2.05, 4.69) is 6.92 Å². The van der Waals surface area contributed by atoms with Gasteiger partial charge in [-0.25, -0.2) is 4.39 Å². The van der Waals surface area contributed by atoms with Crippen LogP contribution in [0.4, 0.5) is 10.1 Å². The lowest BCUT2D eigenvalue weighted by molar-refractivity contribution is 0.623. The highest BCUT2D eigenvalue weighted by Crippen LogP contribution is 2.18. The van der Waals surface area contributed by atoms with Crippen molar-refractivity contribution in [1.29, 1.82) is 0 Å². The Labute approximate surface area is 102 Å². The molecule has 0 aliphatic carbocycles. The van der Waals surface area contributed by atoms with E-state index in [0.29, 0.717) is 16.3 Å². The molecule has 1 aromatic rings. The molecule has 0 aliphatic heterocycles. The minimum atomic E-state index is -1.19. The summed E-state index contributed by atoms with van der Waals surface area (Å²) < 4.78 is 24.8. The summed E-state index contributed by atoms with van der Waals surface area (Å²) in [7, 11) is -1.19. The predicted molar refractivity (Wildman–Crippen MR) is 69.7 cm³/mol. The Morgan fingerprint density at radius 2 is 2.25 bits per heavy atom. The molecule has 5 heteroatoms. The smallest absolute Gasteiger partial charge is 0.124 e. The number of benzene rings is 1. The second-order valence-electron chi connectivity index (χ2n) is 3.28. The first kappa shape index (κ1) is 13.5. The van der Waals surface area contributed by atoms with Crippen LogP contribution in [0.5, 0.6) is 0 Å². The highest BCUT2D eigenvalue weighted by Gasteiger charge is 2.08. The molecule has 0 fully saturated rings. The van der Waals surface area contributed by atoms with Crippen LogP contribution >= 0.6 is 11.8 Å². The van der Waals surface area contributed by atoms with Crippen molar-refractivity contribution in [3.8, 4) is 0 Å². The molecule has 1 atom stereocenters. The second kappa shape index (κ2) is 6.91. The van der Waals surface area contributed by atoms with Crippen LogP contribution in [0.3, 0.4) is 0 Å². The van der Waals surface area contributed by atoms with Crippen LogP contribution in [-0.4, -0.2) is 21.5 Å². The maximum atomic E-state index is 13.0. The van der Waals surface area contributed by atoms with Gasteiger partial charge in [0.25, 0.3) is 0 Å². The molecule has 0 amide bonds. The summed E-state index contributed by atoms with van der Waals surface area (Å²) in [6.07, 6.45) is 0.862. The van der Waals surface area contributed by atoms with E-state index in [0.717, 1.165) is 17.9 Å². The van der Waals surface area contributed by atoms with Crippen molar-refractivity contribution >= 4 is 28.2 Å². The Morgan fingerprint density at radius 3 is 2.94 bits per heavy atom. The van der Waals surface area contributed by atoms with E-state index in [1.54, 1.807) is 0 Å². The topological polar surface area (TPSA) is 43.1 Å². The number of halogens is 1. The zero-order chi connectivity index (χ0) is 12.0. The third-order valence-electron chi connectivity index (χ3n) is 2.04. The fraction of sp³-hybridized carbons (Fsp3) is 0.455. The van der Waals surface area contributed by atoms with Gasteiger partial charge in [-0.2, -0.15) is 11.8 Å². The van der Waals surface area contributed by atoms with Crippen molar-refractivity contribution in [2.24, 2.45) is 0 Å². The maximum absolute atomic E-state index is 13.0. The zero-order valence-corrected chi connectivity index (χ0v) is 10.9. The summed E-state index contributed by atoms with van der Waals surface area (Å²) in [6.45, 7) is 2.09. The first-order chi connectivity index (χ1) is 7.65. The van der Waals surface area contributed by atoms with Crippen molar-refractivity contribution < 1.29 is 8.60 Å². The van der Waals surface area contributed by atoms with Crippen molar-refractivity contribution in [1.82, 2.24) is 0 Å². The average molecular weight is 261 g/mol. The molecule has 16 heavy (non-hydrogen) atoms. The number of hydrogen-bond donors (Lipinski definition) is 1. The Morgan fingerprint density at radius 1 is 1.50 bits per heavy atom. The zero-order valence-electron chi connectivity index (χ0n) is 9.24. The monoisotopic (exact) mass is 261 g/mol. The summed E-state index contributed by atoms with van der Waals surface area (Å²) in [6, 6.07) is 4.00. The van der Waals surface area contributed by atoms with Gasteiger partial charge >= 0.3 is 0 Å². The van der Waals surface area contributed by atoms with Gasteiger partial charge in [0.1, 0.15) is 5.82 Å². The van der Waals surface area contributed by atoms with E-state index in [1.165, 1.54) is 18.2 Å². The van der Waals surface area contributed by atoms with Crippen molar-refractivity contribution in [2.75, 3.05) is 23.0 Å². The summed E-state index contributed by atoms with van der Waals surface area (Å²) in [4.78, 5) is 0.418. The van der Waals surface area contributed by atoms with Gasteiger partial charge in [0, 0.05) is 11.4 Å². The quantitative estimate of drug-likeness (QED) is 0.632. The molecule has 0 heterocycles. The fourth-order valence-corrected chi connectivity index (χ4v) is 3.27. The Hall–Kier alpha value is -0.550. The molecule has 0 spiro atoms. The van der Waals surface area contributed by atoms with Crippen LogP contribution in [0.2, 0.25) is 0 Å². The molecule has 0 radical (unpaired) electrons. The van der Waals surface area contributed by atoms with Crippen molar-refractivity contribution in [2.45, 2.75) is 18.2 Å². The van der Waals surface area contributed by atoms with Crippen LogP contribution in [0.25, 0.3) is 0 Å². The second-order valence-corrected chi connectivity index (χ2v) is 6.22. The molecule has 0 saturated heterocycles. The van der Waals surface area contributed by atoms with Crippen molar-refractivity contribution in [3.05, 3.63) is 24.0 Å². The lowest BCUT2D eigenvalue weighted by atomic mass is 10.3. The highest BCUT2D eigenvalue weighted by atomic mass is 32.2. The first-order valence-corrected chi connectivity index (χ1v) is 7.63. The van der Waals surface area contributed by atoms with E-state index >= 15 is 0 Å². The van der Waals surface area contributed by atoms with Crippen LogP contribution in [-0.2, 0) is 10.8 Å². The van der Waals surface area contributed by atoms with E-state index in [1.807, 2.05) is 11.8 Å². The van der Waals surface area contributed by atoms with Crippen molar-refractivity contribution in [3.63, 3.8) is 0 Å². The predicted octanol–water partition coefficient (Wildman–Crippen LogP) is 2.66. The number of hydrogen-bond acceptors (Lipinski definition) is 3. The summed E-state index contributed by atoms with van der Waals surface area (Å²) in [5.41, 5.74) is 6.06. The van der Waals surface area contributed by atoms with Gasteiger partial charge in [-0.15, -0.1) is 0 Å². The van der Waals surface area contributed by atoms with E-state index in [-0.39, 0.29) is 5.82 Å².